The van der Waals surface area contributed by atoms with Gasteiger partial charge in [0.05, 0.1) is 0 Å². The van der Waals surface area contributed by atoms with Crippen LogP contribution in [0.25, 0.3) is 0 Å². The van der Waals surface area contributed by atoms with Crippen molar-refractivity contribution in [3.8, 4) is 0 Å². The van der Waals surface area contributed by atoms with Gasteiger partial charge in [0.1, 0.15) is 0 Å². The Morgan fingerprint density at radius 1 is 1.29 bits per heavy atom. The van der Waals surface area contributed by atoms with Gasteiger partial charge in [-0.05, 0) is 32.0 Å². The van der Waals surface area contributed by atoms with E-state index < -0.39 is 0 Å². The van der Waals surface area contributed by atoms with E-state index in [0.717, 1.165) is 25.6 Å². The molecule has 86 valence electrons. The molecule has 0 spiro atoms. The van der Waals surface area contributed by atoms with Gasteiger partial charge in [-0.1, -0.05) is 34.1 Å². The summed E-state index contributed by atoms with van der Waals surface area (Å²) in [5.41, 5.74) is 0.372. The molecule has 0 aliphatic carbocycles. The summed E-state index contributed by atoms with van der Waals surface area (Å²) in [5.74, 6) is 0.796. The molecule has 0 aromatic carbocycles. The van der Waals surface area contributed by atoms with E-state index >= 15 is 0 Å². The highest BCUT2D eigenvalue weighted by Gasteiger charge is 2.18. The van der Waals surface area contributed by atoms with Gasteiger partial charge in [0.25, 0.3) is 0 Å². The summed E-state index contributed by atoms with van der Waals surface area (Å²) in [6, 6.07) is 0. The molecule has 0 aliphatic rings. The summed E-state index contributed by atoms with van der Waals surface area (Å²) in [7, 11) is 4.27. The van der Waals surface area contributed by atoms with Crippen LogP contribution in [0, 0.1) is 11.3 Å². The Kier molecular flexibility index (Phi) is 6.38. The zero-order valence-electron chi connectivity index (χ0n) is 10.9. The first-order valence-corrected chi connectivity index (χ1v) is 5.73. The fourth-order valence-corrected chi connectivity index (χ4v) is 1.71. The smallest absolute Gasteiger partial charge is 0.00387 e. The molecular formula is C12H28N2. The molecular weight excluding hydrogens is 172 g/mol. The van der Waals surface area contributed by atoms with Crippen molar-refractivity contribution >= 4 is 0 Å². The van der Waals surface area contributed by atoms with Gasteiger partial charge in [-0.2, -0.15) is 0 Å². The van der Waals surface area contributed by atoms with Crippen LogP contribution in [-0.4, -0.2) is 38.6 Å². The molecule has 0 heterocycles. The van der Waals surface area contributed by atoms with E-state index in [1.807, 2.05) is 0 Å². The molecule has 0 unspecified atom stereocenters. The second kappa shape index (κ2) is 6.41. The largest absolute Gasteiger partial charge is 0.316 e. The molecule has 0 rings (SSSR count). The standard InChI is InChI=1S/C12H28N2/c1-7-11(2)8-13-9-12(3,4)10-14(5)6/h11,13H,7-10H2,1-6H3/t11-/m1/s1. The van der Waals surface area contributed by atoms with Crippen LogP contribution in [0.3, 0.4) is 0 Å². The van der Waals surface area contributed by atoms with Crippen molar-refractivity contribution in [2.24, 2.45) is 11.3 Å². The van der Waals surface area contributed by atoms with E-state index in [0.29, 0.717) is 5.41 Å². The van der Waals surface area contributed by atoms with Gasteiger partial charge in [-0.3, -0.25) is 0 Å². The predicted molar refractivity (Wildman–Crippen MR) is 64.7 cm³/mol. The average molecular weight is 200 g/mol. The molecule has 2 heteroatoms. The van der Waals surface area contributed by atoms with Crippen LogP contribution < -0.4 is 5.32 Å². The Morgan fingerprint density at radius 3 is 2.29 bits per heavy atom. The van der Waals surface area contributed by atoms with Crippen molar-refractivity contribution in [1.82, 2.24) is 10.2 Å². The van der Waals surface area contributed by atoms with Crippen LogP contribution in [0.1, 0.15) is 34.1 Å². The Morgan fingerprint density at radius 2 is 1.86 bits per heavy atom. The molecule has 0 aromatic heterocycles. The Balaban J connectivity index is 3.65. The molecule has 1 atom stereocenters. The van der Waals surface area contributed by atoms with Crippen molar-refractivity contribution in [2.45, 2.75) is 34.1 Å². The lowest BCUT2D eigenvalue weighted by molar-refractivity contribution is 0.229. The third-order valence-corrected chi connectivity index (χ3v) is 2.54. The van der Waals surface area contributed by atoms with E-state index in [4.69, 9.17) is 0 Å². The van der Waals surface area contributed by atoms with E-state index in [1.165, 1.54) is 6.42 Å². The SMILES string of the molecule is CC[C@@H](C)CNCC(C)(C)CN(C)C. The Bertz CT molecular complexity index is 141. The summed E-state index contributed by atoms with van der Waals surface area (Å²) >= 11 is 0. The maximum absolute atomic E-state index is 3.56. The van der Waals surface area contributed by atoms with E-state index in [2.05, 4.69) is 52.0 Å². The van der Waals surface area contributed by atoms with Gasteiger partial charge < -0.3 is 10.2 Å². The topological polar surface area (TPSA) is 15.3 Å². The third kappa shape index (κ3) is 7.34. The summed E-state index contributed by atoms with van der Waals surface area (Å²) in [6.07, 6.45) is 1.26. The number of hydrogen-bond donors (Lipinski definition) is 1. The molecule has 2 nitrogen and oxygen atoms in total. The highest BCUT2D eigenvalue weighted by molar-refractivity contribution is 4.74. The molecule has 0 bridgehead atoms. The Hall–Kier alpha value is -0.0800. The van der Waals surface area contributed by atoms with Crippen molar-refractivity contribution in [3.63, 3.8) is 0 Å². The molecule has 0 aliphatic heterocycles. The lowest BCUT2D eigenvalue weighted by Crippen LogP contribution is -2.38. The van der Waals surface area contributed by atoms with Crippen LogP contribution in [0.5, 0.6) is 0 Å². The minimum absolute atomic E-state index is 0.372. The van der Waals surface area contributed by atoms with Crippen LogP contribution in [0.4, 0.5) is 0 Å². The van der Waals surface area contributed by atoms with Crippen LogP contribution >= 0.6 is 0 Å². The molecule has 0 saturated carbocycles. The summed E-state index contributed by atoms with van der Waals surface area (Å²) in [5, 5.41) is 3.56. The zero-order valence-corrected chi connectivity index (χ0v) is 10.9. The lowest BCUT2D eigenvalue weighted by Gasteiger charge is -2.29. The molecule has 0 amide bonds. The fraction of sp³-hybridized carbons (Fsp3) is 1.00. The predicted octanol–water partition coefficient (Wildman–Crippen LogP) is 2.21. The molecule has 14 heavy (non-hydrogen) atoms. The van der Waals surface area contributed by atoms with E-state index in [9.17, 15) is 0 Å². The summed E-state index contributed by atoms with van der Waals surface area (Å²) in [6.45, 7) is 12.6. The summed E-state index contributed by atoms with van der Waals surface area (Å²) < 4.78 is 0. The van der Waals surface area contributed by atoms with Gasteiger partial charge in [0.2, 0.25) is 0 Å². The zero-order chi connectivity index (χ0) is 11.2. The van der Waals surface area contributed by atoms with Crippen molar-refractivity contribution < 1.29 is 0 Å². The first-order valence-electron chi connectivity index (χ1n) is 5.73. The van der Waals surface area contributed by atoms with Crippen molar-refractivity contribution in [1.29, 1.82) is 0 Å². The monoisotopic (exact) mass is 200 g/mol. The first kappa shape index (κ1) is 13.9. The number of rotatable bonds is 7. The molecule has 0 fully saturated rings. The maximum Gasteiger partial charge on any atom is 0.00387 e. The first-order chi connectivity index (χ1) is 6.37. The lowest BCUT2D eigenvalue weighted by atomic mass is 9.92. The molecule has 0 radical (unpaired) electrons. The minimum atomic E-state index is 0.372. The van der Waals surface area contributed by atoms with Gasteiger partial charge in [0, 0.05) is 13.1 Å². The second-order valence-electron chi connectivity index (χ2n) is 5.55. The van der Waals surface area contributed by atoms with Gasteiger partial charge in [-0.25, -0.2) is 0 Å². The molecule has 0 aromatic rings. The quantitative estimate of drug-likeness (QED) is 0.678. The minimum Gasteiger partial charge on any atom is -0.316 e. The highest BCUT2D eigenvalue weighted by Crippen LogP contribution is 2.14. The average Bonchev–Trinajstić information content (AvgIpc) is 2.01. The molecule has 0 saturated heterocycles. The van der Waals surface area contributed by atoms with Crippen LogP contribution in [-0.2, 0) is 0 Å². The van der Waals surface area contributed by atoms with E-state index in [1.54, 1.807) is 0 Å². The highest BCUT2D eigenvalue weighted by atomic mass is 15.1. The number of hydrogen-bond acceptors (Lipinski definition) is 2. The van der Waals surface area contributed by atoms with E-state index in [-0.39, 0.29) is 0 Å². The van der Waals surface area contributed by atoms with Gasteiger partial charge in [0.15, 0.2) is 0 Å². The fourth-order valence-electron chi connectivity index (χ4n) is 1.71. The number of nitrogens with zero attached hydrogens (tertiary/aromatic N) is 1. The van der Waals surface area contributed by atoms with Crippen LogP contribution in [0.15, 0.2) is 0 Å². The van der Waals surface area contributed by atoms with Gasteiger partial charge in [-0.15, -0.1) is 0 Å². The molecule has 1 N–H and O–H groups in total. The van der Waals surface area contributed by atoms with Crippen molar-refractivity contribution in [2.75, 3.05) is 33.7 Å². The number of nitrogens with one attached hydrogen (secondary N) is 1. The Labute approximate surface area is 90.1 Å². The van der Waals surface area contributed by atoms with Gasteiger partial charge >= 0.3 is 0 Å². The van der Waals surface area contributed by atoms with Crippen LogP contribution in [0.2, 0.25) is 0 Å². The summed E-state index contributed by atoms with van der Waals surface area (Å²) in [4.78, 5) is 2.25. The maximum atomic E-state index is 3.56. The normalized spacial score (nSPS) is 14.8. The van der Waals surface area contributed by atoms with Crippen molar-refractivity contribution in [3.05, 3.63) is 0 Å². The second-order valence-corrected chi connectivity index (χ2v) is 5.55. The third-order valence-electron chi connectivity index (χ3n) is 2.54.